The van der Waals surface area contributed by atoms with Crippen molar-refractivity contribution in [3.8, 4) is 5.75 Å². The predicted octanol–water partition coefficient (Wildman–Crippen LogP) is 4.15. The Kier molecular flexibility index (Phi) is 5.41. The minimum atomic E-state index is -3.88. The number of nitrogens with zero attached hydrogens (tertiary/aromatic N) is 1. The minimum Gasteiger partial charge on any atom is -0.496 e. The van der Waals surface area contributed by atoms with E-state index < -0.39 is 21.7 Å². The third-order valence-corrected chi connectivity index (χ3v) is 7.11. The molecule has 4 rings (SSSR count). The lowest BCUT2D eigenvalue weighted by Gasteiger charge is -2.20. The van der Waals surface area contributed by atoms with Crippen molar-refractivity contribution < 1.29 is 22.3 Å². The van der Waals surface area contributed by atoms with Gasteiger partial charge < -0.3 is 10.1 Å². The first-order valence-corrected chi connectivity index (χ1v) is 11.1. The number of halogens is 1. The molecule has 0 spiro atoms. The fraction of sp³-hybridized carbons (Fsp3) is 0.174. The maximum Gasteiger partial charge on any atom is 0.264 e. The Labute approximate surface area is 180 Å². The van der Waals surface area contributed by atoms with Crippen LogP contribution >= 0.6 is 0 Å². The number of hydrogen-bond acceptors (Lipinski definition) is 4. The third kappa shape index (κ3) is 3.86. The summed E-state index contributed by atoms with van der Waals surface area (Å²) in [5.74, 6) is -0.867. The van der Waals surface area contributed by atoms with E-state index >= 15 is 0 Å². The smallest absolute Gasteiger partial charge is 0.264 e. The van der Waals surface area contributed by atoms with E-state index in [0.717, 1.165) is 5.56 Å². The lowest BCUT2D eigenvalue weighted by molar-refractivity contribution is 0.102. The molecule has 0 atom stereocenters. The van der Waals surface area contributed by atoms with Gasteiger partial charge in [-0.15, -0.1) is 0 Å². The number of hydrogen-bond donors (Lipinski definition) is 1. The van der Waals surface area contributed by atoms with Gasteiger partial charge in [0.05, 0.1) is 23.3 Å². The summed E-state index contributed by atoms with van der Waals surface area (Å²) in [5, 5.41) is 2.64. The number of amides is 1. The summed E-state index contributed by atoms with van der Waals surface area (Å²) < 4.78 is 46.9. The van der Waals surface area contributed by atoms with E-state index in [9.17, 15) is 17.6 Å². The van der Waals surface area contributed by atoms with E-state index in [1.54, 1.807) is 25.1 Å². The van der Waals surface area contributed by atoms with Gasteiger partial charge in [-0.05, 0) is 60.9 Å². The second-order valence-electron chi connectivity index (χ2n) is 7.23. The summed E-state index contributed by atoms with van der Waals surface area (Å²) in [6.45, 7) is 2.07. The van der Waals surface area contributed by atoms with Gasteiger partial charge in [-0.1, -0.05) is 24.3 Å². The van der Waals surface area contributed by atoms with Crippen LogP contribution in [0.25, 0.3) is 0 Å². The molecule has 31 heavy (non-hydrogen) atoms. The van der Waals surface area contributed by atoms with Crippen LogP contribution in [0, 0.1) is 12.7 Å². The van der Waals surface area contributed by atoms with Crippen molar-refractivity contribution in [3.63, 3.8) is 0 Å². The number of para-hydroxylation sites is 1. The molecule has 1 N–H and O–H groups in total. The van der Waals surface area contributed by atoms with E-state index in [1.165, 1.54) is 41.7 Å². The van der Waals surface area contributed by atoms with Crippen LogP contribution in [0.4, 0.5) is 15.8 Å². The van der Waals surface area contributed by atoms with Crippen molar-refractivity contribution in [2.75, 3.05) is 23.3 Å². The Morgan fingerprint density at radius 2 is 1.87 bits per heavy atom. The molecule has 1 aliphatic heterocycles. The molecule has 1 amide bonds. The van der Waals surface area contributed by atoms with Crippen LogP contribution < -0.4 is 14.4 Å². The summed E-state index contributed by atoms with van der Waals surface area (Å²) >= 11 is 0. The average molecular weight is 440 g/mol. The summed E-state index contributed by atoms with van der Waals surface area (Å²) in [5.41, 5.74) is 2.61. The number of anilines is 2. The van der Waals surface area contributed by atoms with Crippen LogP contribution in [0.15, 0.2) is 65.6 Å². The normalized spacial score (nSPS) is 13.1. The van der Waals surface area contributed by atoms with Gasteiger partial charge in [0.1, 0.15) is 11.6 Å². The predicted molar refractivity (Wildman–Crippen MR) is 117 cm³/mol. The number of ether oxygens (including phenoxy) is 1. The molecule has 8 heteroatoms. The Hall–Kier alpha value is -3.39. The van der Waals surface area contributed by atoms with Gasteiger partial charge in [0.15, 0.2) is 0 Å². The molecule has 1 heterocycles. The minimum absolute atomic E-state index is 0.0221. The zero-order chi connectivity index (χ0) is 22.2. The second kappa shape index (κ2) is 8.03. The molecule has 3 aromatic rings. The van der Waals surface area contributed by atoms with Crippen LogP contribution in [0.5, 0.6) is 5.75 Å². The van der Waals surface area contributed by atoms with E-state index in [4.69, 9.17) is 4.74 Å². The number of nitrogens with one attached hydrogen (secondary N) is 1. The van der Waals surface area contributed by atoms with Gasteiger partial charge in [-0.3, -0.25) is 9.10 Å². The molecule has 6 nitrogen and oxygen atoms in total. The fourth-order valence-electron chi connectivity index (χ4n) is 3.63. The Morgan fingerprint density at radius 3 is 2.65 bits per heavy atom. The van der Waals surface area contributed by atoms with Crippen molar-refractivity contribution in [2.24, 2.45) is 0 Å². The van der Waals surface area contributed by atoms with E-state index in [-0.39, 0.29) is 16.2 Å². The summed E-state index contributed by atoms with van der Waals surface area (Å²) in [6, 6.07) is 15.5. The highest BCUT2D eigenvalue weighted by atomic mass is 32.2. The Morgan fingerprint density at radius 1 is 1.10 bits per heavy atom. The van der Waals surface area contributed by atoms with Crippen LogP contribution in [0.1, 0.15) is 21.5 Å². The number of carbonyl (C=O) groups excluding carboxylic acids is 1. The van der Waals surface area contributed by atoms with E-state index in [1.807, 2.05) is 12.1 Å². The topological polar surface area (TPSA) is 75.7 Å². The third-order valence-electron chi connectivity index (χ3n) is 5.30. The van der Waals surface area contributed by atoms with E-state index in [2.05, 4.69) is 5.32 Å². The van der Waals surface area contributed by atoms with Gasteiger partial charge in [-0.2, -0.15) is 0 Å². The van der Waals surface area contributed by atoms with Crippen LogP contribution in [0.2, 0.25) is 0 Å². The van der Waals surface area contributed by atoms with Gasteiger partial charge in [-0.25, -0.2) is 12.8 Å². The average Bonchev–Trinajstić information content (AvgIpc) is 3.21. The van der Waals surface area contributed by atoms with Crippen molar-refractivity contribution >= 4 is 27.3 Å². The van der Waals surface area contributed by atoms with Gasteiger partial charge in [0, 0.05) is 12.2 Å². The fourth-order valence-corrected chi connectivity index (χ4v) is 5.16. The molecule has 160 valence electrons. The van der Waals surface area contributed by atoms with Crippen molar-refractivity contribution in [1.29, 1.82) is 0 Å². The summed E-state index contributed by atoms with van der Waals surface area (Å²) in [7, 11) is -2.49. The summed E-state index contributed by atoms with van der Waals surface area (Å²) in [6.07, 6.45) is 0.623. The van der Waals surface area contributed by atoms with Crippen LogP contribution in [0.3, 0.4) is 0 Å². The molecule has 0 bridgehead atoms. The standard InChI is InChI=1S/C23H21FN2O4S/c1-15-7-8-17(24)13-20(15)25-23(27)19-14-18(9-10-22(19)30-2)31(28,29)26-12-11-16-5-3-4-6-21(16)26/h3-10,13-14H,11-12H2,1-2H3,(H,25,27). The largest absolute Gasteiger partial charge is 0.496 e. The molecular formula is C23H21FN2O4S. The molecule has 0 fully saturated rings. The monoisotopic (exact) mass is 440 g/mol. The number of aryl methyl sites for hydroxylation is 1. The van der Waals surface area contributed by atoms with Gasteiger partial charge in [0.25, 0.3) is 15.9 Å². The zero-order valence-electron chi connectivity index (χ0n) is 17.1. The van der Waals surface area contributed by atoms with E-state index in [0.29, 0.717) is 29.9 Å². The first-order valence-electron chi connectivity index (χ1n) is 9.67. The van der Waals surface area contributed by atoms with Crippen molar-refractivity contribution in [1.82, 2.24) is 0 Å². The Bertz CT molecular complexity index is 1270. The molecule has 0 aromatic heterocycles. The number of rotatable bonds is 5. The number of sulfonamides is 1. The molecule has 0 radical (unpaired) electrons. The second-order valence-corrected chi connectivity index (χ2v) is 9.09. The maximum absolute atomic E-state index is 13.6. The maximum atomic E-state index is 13.6. The van der Waals surface area contributed by atoms with Crippen molar-refractivity contribution in [3.05, 3.63) is 83.2 Å². The highest BCUT2D eigenvalue weighted by Crippen LogP contribution is 2.34. The lowest BCUT2D eigenvalue weighted by Crippen LogP contribution is -2.29. The van der Waals surface area contributed by atoms with Crippen molar-refractivity contribution in [2.45, 2.75) is 18.2 Å². The number of benzene rings is 3. The molecule has 0 saturated heterocycles. The zero-order valence-corrected chi connectivity index (χ0v) is 17.9. The molecule has 0 saturated carbocycles. The van der Waals surface area contributed by atoms with Gasteiger partial charge in [0.2, 0.25) is 0 Å². The molecular weight excluding hydrogens is 419 g/mol. The Balaban J connectivity index is 1.71. The summed E-state index contributed by atoms with van der Waals surface area (Å²) in [4.78, 5) is 12.9. The van der Waals surface area contributed by atoms with Crippen LogP contribution in [-0.4, -0.2) is 28.0 Å². The molecule has 3 aromatic carbocycles. The molecule has 1 aliphatic rings. The van der Waals surface area contributed by atoms with Gasteiger partial charge >= 0.3 is 0 Å². The van der Waals surface area contributed by atoms with Crippen LogP contribution in [-0.2, 0) is 16.4 Å². The first-order chi connectivity index (χ1) is 14.8. The quantitative estimate of drug-likeness (QED) is 0.647. The highest BCUT2D eigenvalue weighted by molar-refractivity contribution is 7.92. The molecule has 0 unspecified atom stereocenters. The lowest BCUT2D eigenvalue weighted by atomic mass is 10.1. The number of fused-ring (bicyclic) bond motifs is 1. The number of carbonyl (C=O) groups is 1. The first kappa shape index (κ1) is 20.9. The number of methoxy groups -OCH3 is 1. The SMILES string of the molecule is COc1ccc(S(=O)(=O)N2CCc3ccccc32)cc1C(=O)Nc1cc(F)ccc1C. The molecule has 0 aliphatic carbocycles. The highest BCUT2D eigenvalue weighted by Gasteiger charge is 2.31.